The van der Waals surface area contributed by atoms with Gasteiger partial charge in [-0.15, -0.1) is 0 Å². The van der Waals surface area contributed by atoms with Gasteiger partial charge in [-0.05, 0) is 54.7 Å². The van der Waals surface area contributed by atoms with Crippen molar-refractivity contribution in [1.82, 2.24) is 10.2 Å². The highest BCUT2D eigenvalue weighted by Crippen LogP contribution is 2.46. The van der Waals surface area contributed by atoms with E-state index in [0.29, 0.717) is 31.0 Å². The molecule has 0 unspecified atom stereocenters. The minimum Gasteiger partial charge on any atom is -0.356 e. The van der Waals surface area contributed by atoms with Crippen LogP contribution < -0.4 is 5.32 Å². The van der Waals surface area contributed by atoms with E-state index in [-0.39, 0.29) is 35.6 Å². The van der Waals surface area contributed by atoms with Gasteiger partial charge in [-0.3, -0.25) is 9.59 Å². The van der Waals surface area contributed by atoms with Crippen LogP contribution in [0.2, 0.25) is 0 Å². The number of hydrogen-bond acceptors (Lipinski definition) is 2. The van der Waals surface area contributed by atoms with Crippen molar-refractivity contribution in [2.45, 2.75) is 51.4 Å². The number of hydrogen-bond donors (Lipinski definition) is 1. The van der Waals surface area contributed by atoms with Gasteiger partial charge in [0.05, 0.1) is 5.56 Å². The monoisotopic (exact) mass is 394 g/mol. The molecule has 0 bridgehead atoms. The fourth-order valence-corrected chi connectivity index (χ4v) is 4.85. The van der Waals surface area contributed by atoms with Crippen LogP contribution in [0.1, 0.15) is 43.7 Å². The Kier molecular flexibility index (Phi) is 4.88. The highest BCUT2D eigenvalue weighted by Gasteiger charge is 2.50. The maximum absolute atomic E-state index is 12.7. The maximum atomic E-state index is 12.7. The number of rotatable bonds is 5. The first-order valence-corrected chi connectivity index (χ1v) is 9.97. The number of likely N-dealkylation sites (tertiary alicyclic amines) is 1. The smallest absolute Gasteiger partial charge is 0.356 e. The molecule has 0 aromatic heterocycles. The van der Waals surface area contributed by atoms with E-state index in [9.17, 15) is 22.8 Å². The number of alkyl halides is 3. The Morgan fingerprint density at radius 3 is 2.50 bits per heavy atom. The van der Waals surface area contributed by atoms with Crippen LogP contribution in [0.25, 0.3) is 0 Å². The molecule has 4 nitrogen and oxygen atoms in total. The fourth-order valence-electron chi connectivity index (χ4n) is 4.85. The van der Waals surface area contributed by atoms with Crippen molar-refractivity contribution in [2.24, 2.45) is 23.7 Å². The van der Waals surface area contributed by atoms with Crippen molar-refractivity contribution >= 4 is 11.8 Å². The molecule has 1 saturated heterocycles. The summed E-state index contributed by atoms with van der Waals surface area (Å²) in [5, 5.41) is 3.05. The molecule has 1 aromatic carbocycles. The lowest BCUT2D eigenvalue weighted by Crippen LogP contribution is -2.35. The minimum absolute atomic E-state index is 0.0558. The highest BCUT2D eigenvalue weighted by molar-refractivity contribution is 5.81. The zero-order valence-electron chi connectivity index (χ0n) is 15.8. The molecule has 3 aliphatic rings. The first-order valence-electron chi connectivity index (χ1n) is 9.97. The summed E-state index contributed by atoms with van der Waals surface area (Å²) in [5.41, 5.74) is 0.0305. The van der Waals surface area contributed by atoms with E-state index >= 15 is 0 Å². The maximum Gasteiger partial charge on any atom is 0.416 e. The van der Waals surface area contributed by atoms with Crippen molar-refractivity contribution in [3.8, 4) is 0 Å². The van der Waals surface area contributed by atoms with Gasteiger partial charge in [0.15, 0.2) is 0 Å². The Morgan fingerprint density at radius 1 is 1.21 bits per heavy atom. The second kappa shape index (κ2) is 7.08. The Hall–Kier alpha value is -2.05. The number of nitrogens with one attached hydrogen (secondary N) is 1. The van der Waals surface area contributed by atoms with Gasteiger partial charge < -0.3 is 10.2 Å². The average molecular weight is 394 g/mol. The lowest BCUT2D eigenvalue weighted by atomic mass is 9.88. The molecule has 152 valence electrons. The molecular formula is C21H25F3N2O2. The van der Waals surface area contributed by atoms with Crippen molar-refractivity contribution < 1.29 is 22.8 Å². The molecule has 1 N–H and O–H groups in total. The topological polar surface area (TPSA) is 49.4 Å². The van der Waals surface area contributed by atoms with Crippen LogP contribution in [-0.2, 0) is 22.3 Å². The normalized spacial score (nSPS) is 29.9. The summed E-state index contributed by atoms with van der Waals surface area (Å²) in [7, 11) is 0. The van der Waals surface area contributed by atoms with E-state index in [1.807, 2.05) is 4.90 Å². The Bertz CT molecular complexity index is 758. The third-order valence-corrected chi connectivity index (χ3v) is 6.61. The second-order valence-corrected chi connectivity index (χ2v) is 8.55. The predicted octanol–water partition coefficient (Wildman–Crippen LogP) is 3.60. The molecule has 2 amide bonds. The SMILES string of the molecule is C[C@H]1C[C@@H]2[C@@H](CC(=O)N2Cc2ccc(C(F)(F)F)cc2)[C@@H]1CNC(=O)C1CC1. The zero-order valence-corrected chi connectivity index (χ0v) is 15.8. The van der Waals surface area contributed by atoms with Gasteiger partial charge in [-0.2, -0.15) is 13.2 Å². The summed E-state index contributed by atoms with van der Waals surface area (Å²) in [6.07, 6.45) is -1.08. The molecule has 2 aliphatic carbocycles. The van der Waals surface area contributed by atoms with E-state index in [4.69, 9.17) is 0 Å². The summed E-state index contributed by atoms with van der Waals surface area (Å²) in [6.45, 7) is 3.11. The van der Waals surface area contributed by atoms with Crippen molar-refractivity contribution in [3.63, 3.8) is 0 Å². The van der Waals surface area contributed by atoms with Crippen molar-refractivity contribution in [2.75, 3.05) is 6.54 Å². The number of nitrogens with zero attached hydrogens (tertiary/aromatic N) is 1. The van der Waals surface area contributed by atoms with Gasteiger partial charge in [0.1, 0.15) is 0 Å². The molecule has 2 saturated carbocycles. The van der Waals surface area contributed by atoms with Gasteiger partial charge >= 0.3 is 6.18 Å². The molecule has 1 aromatic rings. The van der Waals surface area contributed by atoms with E-state index in [1.54, 1.807) is 0 Å². The molecule has 28 heavy (non-hydrogen) atoms. The fraction of sp³-hybridized carbons (Fsp3) is 0.619. The zero-order chi connectivity index (χ0) is 20.1. The van der Waals surface area contributed by atoms with Crippen LogP contribution in [0.3, 0.4) is 0 Å². The molecular weight excluding hydrogens is 369 g/mol. The minimum atomic E-state index is -4.36. The lowest BCUT2D eigenvalue weighted by molar-refractivity contribution is -0.137. The number of benzene rings is 1. The highest BCUT2D eigenvalue weighted by atomic mass is 19.4. The third-order valence-electron chi connectivity index (χ3n) is 6.61. The van der Waals surface area contributed by atoms with E-state index < -0.39 is 11.7 Å². The van der Waals surface area contributed by atoms with E-state index in [0.717, 1.165) is 31.4 Å². The van der Waals surface area contributed by atoms with Gasteiger partial charge in [0.25, 0.3) is 0 Å². The number of amides is 2. The first-order chi connectivity index (χ1) is 13.2. The average Bonchev–Trinajstić information content (AvgIpc) is 3.38. The Balaban J connectivity index is 1.41. The lowest BCUT2D eigenvalue weighted by Gasteiger charge is -2.25. The first kappa shape index (κ1) is 19.3. The standard InChI is InChI=1S/C21H25F3N2O2/c1-12-8-18-16(17(12)10-25-20(28)14-4-5-14)9-19(27)26(18)11-13-2-6-15(7-3-13)21(22,23)24/h2-3,6-7,12,14,16-18H,4-5,8-11H2,1H3,(H,25,28)/t12-,16-,17+,18+/m0/s1. The van der Waals surface area contributed by atoms with Crippen LogP contribution in [-0.4, -0.2) is 29.3 Å². The van der Waals surface area contributed by atoms with Crippen LogP contribution in [0.4, 0.5) is 13.2 Å². The number of carbonyl (C=O) groups excluding carboxylic acids is 2. The molecule has 4 atom stereocenters. The molecule has 1 heterocycles. The largest absolute Gasteiger partial charge is 0.416 e. The van der Waals surface area contributed by atoms with E-state index in [1.165, 1.54) is 12.1 Å². The number of carbonyl (C=O) groups is 2. The van der Waals surface area contributed by atoms with Gasteiger partial charge in [-0.1, -0.05) is 19.1 Å². The summed E-state index contributed by atoms with van der Waals surface area (Å²) in [6, 6.07) is 5.15. The summed E-state index contributed by atoms with van der Waals surface area (Å²) in [5.74, 6) is 1.24. The molecule has 0 radical (unpaired) electrons. The second-order valence-electron chi connectivity index (χ2n) is 8.55. The van der Waals surface area contributed by atoms with Crippen LogP contribution in [0, 0.1) is 23.7 Å². The van der Waals surface area contributed by atoms with Crippen molar-refractivity contribution in [3.05, 3.63) is 35.4 Å². The van der Waals surface area contributed by atoms with Gasteiger partial charge in [-0.25, -0.2) is 0 Å². The van der Waals surface area contributed by atoms with Crippen LogP contribution >= 0.6 is 0 Å². The van der Waals surface area contributed by atoms with Gasteiger partial charge in [0, 0.05) is 31.5 Å². The van der Waals surface area contributed by atoms with Crippen LogP contribution in [0.15, 0.2) is 24.3 Å². The molecule has 4 rings (SSSR count). The molecule has 1 aliphatic heterocycles. The van der Waals surface area contributed by atoms with Crippen LogP contribution in [0.5, 0.6) is 0 Å². The van der Waals surface area contributed by atoms with Crippen molar-refractivity contribution in [1.29, 1.82) is 0 Å². The molecule has 7 heteroatoms. The summed E-state index contributed by atoms with van der Waals surface area (Å²) < 4.78 is 38.2. The Labute approximate surface area is 162 Å². The Morgan fingerprint density at radius 2 is 1.89 bits per heavy atom. The number of fused-ring (bicyclic) bond motifs is 1. The number of halogens is 3. The molecule has 3 fully saturated rings. The summed E-state index contributed by atoms with van der Waals surface area (Å²) >= 11 is 0. The summed E-state index contributed by atoms with van der Waals surface area (Å²) in [4.78, 5) is 26.4. The third kappa shape index (κ3) is 3.76. The van der Waals surface area contributed by atoms with E-state index in [2.05, 4.69) is 12.2 Å². The predicted molar refractivity (Wildman–Crippen MR) is 96.9 cm³/mol. The van der Waals surface area contributed by atoms with Gasteiger partial charge in [0.2, 0.25) is 11.8 Å². The molecule has 0 spiro atoms. The quantitative estimate of drug-likeness (QED) is 0.830.